The molecule has 1 N–H and O–H groups in total. The van der Waals surface area contributed by atoms with Gasteiger partial charge in [-0.15, -0.1) is 10.2 Å². The Kier molecular flexibility index (Phi) is 7.54. The number of halogens is 1. The van der Waals surface area contributed by atoms with Crippen LogP contribution in [0.15, 0.2) is 42.5 Å². The minimum atomic E-state index is -0.373. The maximum atomic E-state index is 13.2. The quantitative estimate of drug-likeness (QED) is 0.472. The number of hydrogen-bond donors (Lipinski definition) is 1. The van der Waals surface area contributed by atoms with E-state index in [2.05, 4.69) is 34.6 Å². The van der Waals surface area contributed by atoms with Crippen LogP contribution in [0.5, 0.6) is 11.5 Å². The third kappa shape index (κ3) is 6.52. The Bertz CT molecular complexity index is 1180. The number of nitrogens with one attached hydrogen (secondary N) is 1. The van der Waals surface area contributed by atoms with Crippen LogP contribution in [0.2, 0.25) is 0 Å². The van der Waals surface area contributed by atoms with E-state index in [9.17, 15) is 14.0 Å². The van der Waals surface area contributed by atoms with Gasteiger partial charge in [-0.3, -0.25) is 9.59 Å². The molecule has 2 aromatic carbocycles. The molecule has 0 spiro atoms. The summed E-state index contributed by atoms with van der Waals surface area (Å²) in [5.41, 5.74) is 1.36. The van der Waals surface area contributed by atoms with E-state index in [4.69, 9.17) is 9.47 Å². The largest absolute Gasteiger partial charge is 0.454 e. The third-order valence-corrected chi connectivity index (χ3v) is 5.37. The molecule has 1 aliphatic heterocycles. The SMILES string of the molecule is CC(C)CCNC(=O)CN(Cc1ccc2c(c1)OCO2)C(=O)Cn1nnc(-c2ccc(F)cc2)n1. The molecule has 4 rings (SSSR count). The summed E-state index contributed by atoms with van der Waals surface area (Å²) in [5, 5.41) is 15.0. The van der Waals surface area contributed by atoms with Crippen molar-refractivity contribution in [2.45, 2.75) is 33.4 Å². The zero-order chi connectivity index (χ0) is 24.8. The molecule has 0 atom stereocenters. The first kappa shape index (κ1) is 24.1. The molecule has 0 unspecified atom stereocenters. The first-order valence-electron chi connectivity index (χ1n) is 11.3. The summed E-state index contributed by atoms with van der Waals surface area (Å²) in [5.74, 6) is 0.975. The van der Waals surface area contributed by atoms with Crippen molar-refractivity contribution in [1.29, 1.82) is 0 Å². The van der Waals surface area contributed by atoms with Gasteiger partial charge in [0, 0.05) is 18.7 Å². The molecule has 0 bridgehead atoms. The van der Waals surface area contributed by atoms with E-state index in [0.717, 1.165) is 16.8 Å². The summed E-state index contributed by atoms with van der Waals surface area (Å²) in [6.07, 6.45) is 0.844. The fraction of sp³-hybridized carbons (Fsp3) is 0.375. The zero-order valence-corrected chi connectivity index (χ0v) is 19.6. The molecule has 1 aliphatic rings. The van der Waals surface area contributed by atoms with Crippen LogP contribution in [-0.2, 0) is 22.7 Å². The fourth-order valence-electron chi connectivity index (χ4n) is 3.47. The lowest BCUT2D eigenvalue weighted by molar-refractivity contribution is -0.137. The first-order chi connectivity index (χ1) is 16.9. The van der Waals surface area contributed by atoms with Crippen molar-refractivity contribution in [1.82, 2.24) is 30.4 Å². The van der Waals surface area contributed by atoms with Crippen molar-refractivity contribution in [2.75, 3.05) is 19.9 Å². The maximum absolute atomic E-state index is 13.2. The van der Waals surface area contributed by atoms with Gasteiger partial charge in [0.1, 0.15) is 12.4 Å². The molecular weight excluding hydrogens is 455 g/mol. The minimum Gasteiger partial charge on any atom is -0.454 e. The number of amides is 2. The third-order valence-electron chi connectivity index (χ3n) is 5.37. The van der Waals surface area contributed by atoms with Crippen LogP contribution < -0.4 is 14.8 Å². The Morgan fingerprint density at radius 1 is 1.14 bits per heavy atom. The Morgan fingerprint density at radius 3 is 2.69 bits per heavy atom. The predicted molar refractivity (Wildman–Crippen MR) is 124 cm³/mol. The van der Waals surface area contributed by atoms with Crippen molar-refractivity contribution in [3.63, 3.8) is 0 Å². The molecule has 2 amide bonds. The maximum Gasteiger partial charge on any atom is 0.247 e. The normalized spacial score (nSPS) is 12.1. The van der Waals surface area contributed by atoms with Crippen LogP contribution in [0.1, 0.15) is 25.8 Å². The number of ether oxygens (including phenoxy) is 2. The van der Waals surface area contributed by atoms with Crippen molar-refractivity contribution in [3.05, 3.63) is 53.8 Å². The second kappa shape index (κ2) is 10.9. The van der Waals surface area contributed by atoms with Crippen LogP contribution in [0.4, 0.5) is 4.39 Å². The van der Waals surface area contributed by atoms with Gasteiger partial charge in [0.15, 0.2) is 11.5 Å². The van der Waals surface area contributed by atoms with Crippen LogP contribution >= 0.6 is 0 Å². The van der Waals surface area contributed by atoms with Crippen molar-refractivity contribution >= 4 is 11.8 Å². The van der Waals surface area contributed by atoms with Crippen LogP contribution in [0.3, 0.4) is 0 Å². The number of nitrogens with zero attached hydrogens (tertiary/aromatic N) is 5. The lowest BCUT2D eigenvalue weighted by atomic mass is 10.1. The van der Waals surface area contributed by atoms with Gasteiger partial charge in [-0.2, -0.15) is 4.80 Å². The number of tetrazole rings is 1. The van der Waals surface area contributed by atoms with E-state index >= 15 is 0 Å². The summed E-state index contributed by atoms with van der Waals surface area (Å²) >= 11 is 0. The monoisotopic (exact) mass is 482 g/mol. The van der Waals surface area contributed by atoms with E-state index in [1.807, 2.05) is 6.07 Å². The number of aromatic nitrogens is 4. The second-order valence-electron chi connectivity index (χ2n) is 8.62. The summed E-state index contributed by atoms with van der Waals surface area (Å²) in [6, 6.07) is 11.1. The van der Waals surface area contributed by atoms with Gasteiger partial charge in [-0.05, 0) is 59.5 Å². The molecule has 2 heterocycles. The molecule has 0 radical (unpaired) electrons. The molecule has 11 heteroatoms. The molecule has 0 fully saturated rings. The Morgan fingerprint density at radius 2 is 1.91 bits per heavy atom. The van der Waals surface area contributed by atoms with Gasteiger partial charge in [-0.1, -0.05) is 19.9 Å². The van der Waals surface area contributed by atoms with E-state index in [1.54, 1.807) is 12.1 Å². The molecule has 1 aromatic heterocycles. The highest BCUT2D eigenvalue weighted by molar-refractivity contribution is 5.84. The zero-order valence-electron chi connectivity index (χ0n) is 19.6. The molecule has 3 aromatic rings. The predicted octanol–water partition coefficient (Wildman–Crippen LogP) is 2.40. The highest BCUT2D eigenvalue weighted by Gasteiger charge is 2.21. The van der Waals surface area contributed by atoms with Crippen LogP contribution in [0, 0.1) is 11.7 Å². The first-order valence-corrected chi connectivity index (χ1v) is 11.3. The molecule has 184 valence electrons. The van der Waals surface area contributed by atoms with Crippen molar-refractivity contribution in [3.8, 4) is 22.9 Å². The molecule has 35 heavy (non-hydrogen) atoms. The Labute approximate surface area is 202 Å². The van der Waals surface area contributed by atoms with Gasteiger partial charge in [0.2, 0.25) is 24.4 Å². The fourth-order valence-corrected chi connectivity index (χ4v) is 3.47. The number of rotatable bonds is 10. The smallest absolute Gasteiger partial charge is 0.247 e. The molecule has 0 saturated heterocycles. The molecule has 10 nitrogen and oxygen atoms in total. The Hall–Kier alpha value is -4.02. The summed E-state index contributed by atoms with van der Waals surface area (Å²) in [4.78, 5) is 28.3. The summed E-state index contributed by atoms with van der Waals surface area (Å²) in [7, 11) is 0. The van der Waals surface area contributed by atoms with Crippen molar-refractivity contribution in [2.24, 2.45) is 5.92 Å². The molecule has 0 aliphatic carbocycles. The van der Waals surface area contributed by atoms with E-state index < -0.39 is 0 Å². The average molecular weight is 483 g/mol. The Balaban J connectivity index is 1.45. The van der Waals surface area contributed by atoms with Crippen molar-refractivity contribution < 1.29 is 23.5 Å². The number of hydrogen-bond acceptors (Lipinski definition) is 7. The lowest BCUT2D eigenvalue weighted by Crippen LogP contribution is -2.42. The molecule has 0 saturated carbocycles. The van der Waals surface area contributed by atoms with Gasteiger partial charge in [-0.25, -0.2) is 4.39 Å². The summed E-state index contributed by atoms with van der Waals surface area (Å²) in [6.45, 7) is 4.69. The lowest BCUT2D eigenvalue weighted by Gasteiger charge is -2.22. The topological polar surface area (TPSA) is 111 Å². The van der Waals surface area contributed by atoms with Gasteiger partial charge >= 0.3 is 0 Å². The van der Waals surface area contributed by atoms with Crippen LogP contribution in [-0.4, -0.2) is 56.8 Å². The van der Waals surface area contributed by atoms with E-state index in [-0.39, 0.29) is 49.9 Å². The van der Waals surface area contributed by atoms with E-state index in [0.29, 0.717) is 29.5 Å². The average Bonchev–Trinajstić information content (AvgIpc) is 3.48. The van der Waals surface area contributed by atoms with Gasteiger partial charge in [0.25, 0.3) is 0 Å². The second-order valence-corrected chi connectivity index (χ2v) is 8.62. The van der Waals surface area contributed by atoms with Crippen LogP contribution in [0.25, 0.3) is 11.4 Å². The number of carbonyl (C=O) groups is 2. The summed E-state index contributed by atoms with van der Waals surface area (Å²) < 4.78 is 24.0. The minimum absolute atomic E-state index is 0.120. The number of fused-ring (bicyclic) bond motifs is 1. The standard InChI is InChI=1S/C24H27FN6O4/c1-16(2)9-10-26-22(32)13-30(12-17-3-8-20-21(11-17)35-15-34-20)23(33)14-31-28-24(27-29-31)18-4-6-19(25)7-5-18/h3-8,11,16H,9-10,12-15H2,1-2H3,(H,26,32). The van der Waals surface area contributed by atoms with E-state index in [1.165, 1.54) is 29.2 Å². The number of benzene rings is 2. The van der Waals surface area contributed by atoms with Gasteiger partial charge < -0.3 is 19.7 Å². The highest BCUT2D eigenvalue weighted by atomic mass is 19.1. The highest BCUT2D eigenvalue weighted by Crippen LogP contribution is 2.32. The van der Waals surface area contributed by atoms with Gasteiger partial charge in [0.05, 0.1) is 6.54 Å². The number of carbonyl (C=O) groups excluding carboxylic acids is 2. The molecular formula is C24H27FN6O4.